The van der Waals surface area contributed by atoms with E-state index in [1.807, 2.05) is 17.5 Å². The number of fused-ring (bicyclic) bond motifs is 1. The first-order valence-electron chi connectivity index (χ1n) is 5.55. The number of aromatic nitrogens is 1. The van der Waals surface area contributed by atoms with E-state index >= 15 is 0 Å². The first-order chi connectivity index (χ1) is 8.76. The predicted octanol–water partition coefficient (Wildman–Crippen LogP) is 3.55. The van der Waals surface area contributed by atoms with Crippen molar-refractivity contribution < 1.29 is 4.74 Å². The van der Waals surface area contributed by atoms with Gasteiger partial charge in [-0.05, 0) is 29.0 Å². The fraction of sp³-hybridized carbons (Fsp3) is 0.0714. The summed E-state index contributed by atoms with van der Waals surface area (Å²) in [6, 6.07) is 12.3. The van der Waals surface area contributed by atoms with E-state index in [9.17, 15) is 0 Å². The molecule has 0 aliphatic heterocycles. The molecule has 3 rings (SSSR count). The fourth-order valence-electron chi connectivity index (χ4n) is 1.90. The highest BCUT2D eigenvalue weighted by atomic mass is 32.1. The highest BCUT2D eigenvalue weighted by Gasteiger charge is 2.04. The van der Waals surface area contributed by atoms with Gasteiger partial charge < -0.3 is 10.5 Å². The second-order valence-electron chi connectivity index (χ2n) is 4.01. The van der Waals surface area contributed by atoms with Gasteiger partial charge in [0.15, 0.2) is 0 Å². The van der Waals surface area contributed by atoms with E-state index in [1.165, 1.54) is 5.39 Å². The molecule has 0 spiro atoms. The van der Waals surface area contributed by atoms with Crippen molar-refractivity contribution in [2.75, 3.05) is 12.8 Å². The summed E-state index contributed by atoms with van der Waals surface area (Å²) in [5, 5.41) is 5.13. The van der Waals surface area contributed by atoms with Crippen LogP contribution in [0.3, 0.4) is 0 Å². The third-order valence-electron chi connectivity index (χ3n) is 2.82. The normalized spacial score (nSPS) is 10.7. The number of rotatable bonds is 2. The van der Waals surface area contributed by atoms with Crippen molar-refractivity contribution in [3.8, 4) is 16.3 Å². The Hall–Kier alpha value is -2.07. The number of hydrogen-bond acceptors (Lipinski definition) is 4. The van der Waals surface area contributed by atoms with Gasteiger partial charge in [-0.15, -0.1) is 11.3 Å². The Labute approximate surface area is 109 Å². The molecule has 0 amide bonds. The molecule has 18 heavy (non-hydrogen) atoms. The summed E-state index contributed by atoms with van der Waals surface area (Å²) in [6.45, 7) is 0. The van der Waals surface area contributed by atoms with Crippen molar-refractivity contribution in [2.24, 2.45) is 0 Å². The Balaban J connectivity index is 2.11. The number of nitrogens with zero attached hydrogens (tertiary/aromatic N) is 1. The largest absolute Gasteiger partial charge is 0.497 e. The van der Waals surface area contributed by atoms with Crippen LogP contribution in [0.1, 0.15) is 0 Å². The summed E-state index contributed by atoms with van der Waals surface area (Å²) < 4.78 is 5.21. The number of thiazole rings is 1. The van der Waals surface area contributed by atoms with Crippen LogP contribution in [0.2, 0.25) is 0 Å². The average Bonchev–Trinajstić information content (AvgIpc) is 2.84. The monoisotopic (exact) mass is 256 g/mol. The van der Waals surface area contributed by atoms with Gasteiger partial charge in [0.05, 0.1) is 7.11 Å². The number of nitrogens with two attached hydrogens (primary N) is 1. The molecular formula is C14H12N2OS. The van der Waals surface area contributed by atoms with Gasteiger partial charge in [0.1, 0.15) is 16.6 Å². The highest BCUT2D eigenvalue weighted by molar-refractivity contribution is 7.13. The van der Waals surface area contributed by atoms with Crippen molar-refractivity contribution in [2.45, 2.75) is 0 Å². The standard InChI is InChI=1S/C14H12N2OS/c1-17-12-5-4-9-6-11(3-2-10(9)7-12)14-16-13(15)8-18-14/h2-8H,15H2,1H3. The molecule has 0 radical (unpaired) electrons. The van der Waals surface area contributed by atoms with Crippen molar-refractivity contribution in [3.05, 3.63) is 41.8 Å². The minimum absolute atomic E-state index is 0.574. The molecule has 0 bridgehead atoms. The van der Waals surface area contributed by atoms with Gasteiger partial charge in [-0.3, -0.25) is 0 Å². The molecule has 0 aliphatic rings. The van der Waals surface area contributed by atoms with Gasteiger partial charge in [0.25, 0.3) is 0 Å². The lowest BCUT2D eigenvalue weighted by molar-refractivity contribution is 0.415. The zero-order valence-corrected chi connectivity index (χ0v) is 10.7. The fourth-order valence-corrected chi connectivity index (χ4v) is 2.61. The molecule has 0 unspecified atom stereocenters. The van der Waals surface area contributed by atoms with Gasteiger partial charge in [-0.25, -0.2) is 4.98 Å². The molecule has 4 heteroatoms. The summed E-state index contributed by atoms with van der Waals surface area (Å²) in [4.78, 5) is 4.29. The molecule has 0 saturated heterocycles. The molecule has 2 N–H and O–H groups in total. The Morgan fingerprint density at radius 3 is 2.61 bits per heavy atom. The predicted molar refractivity (Wildman–Crippen MR) is 76.0 cm³/mol. The first kappa shape index (κ1) is 11.0. The Kier molecular flexibility index (Phi) is 2.64. The van der Waals surface area contributed by atoms with Crippen LogP contribution in [-0.2, 0) is 0 Å². The van der Waals surface area contributed by atoms with E-state index in [-0.39, 0.29) is 0 Å². The smallest absolute Gasteiger partial charge is 0.135 e. The number of anilines is 1. The second-order valence-corrected chi connectivity index (χ2v) is 4.86. The topological polar surface area (TPSA) is 48.1 Å². The van der Waals surface area contributed by atoms with E-state index in [0.29, 0.717) is 5.82 Å². The quantitative estimate of drug-likeness (QED) is 0.762. The van der Waals surface area contributed by atoms with Crippen LogP contribution in [0, 0.1) is 0 Å². The third-order valence-corrected chi connectivity index (χ3v) is 3.73. The number of hydrogen-bond donors (Lipinski definition) is 1. The molecule has 90 valence electrons. The zero-order chi connectivity index (χ0) is 12.5. The van der Waals surface area contributed by atoms with Crippen molar-refractivity contribution in [3.63, 3.8) is 0 Å². The molecule has 0 aliphatic carbocycles. The summed E-state index contributed by atoms with van der Waals surface area (Å²) in [6.07, 6.45) is 0. The Bertz CT molecular complexity index is 706. The molecule has 0 atom stereocenters. The average molecular weight is 256 g/mol. The van der Waals surface area contributed by atoms with E-state index in [0.717, 1.165) is 21.7 Å². The van der Waals surface area contributed by atoms with Crippen LogP contribution in [0.15, 0.2) is 41.8 Å². The van der Waals surface area contributed by atoms with E-state index in [1.54, 1.807) is 18.4 Å². The van der Waals surface area contributed by atoms with Gasteiger partial charge >= 0.3 is 0 Å². The zero-order valence-electron chi connectivity index (χ0n) is 9.88. The lowest BCUT2D eigenvalue weighted by Crippen LogP contribution is -1.85. The van der Waals surface area contributed by atoms with Gasteiger partial charge in [-0.1, -0.05) is 18.2 Å². The summed E-state index contributed by atoms with van der Waals surface area (Å²) in [5.41, 5.74) is 6.74. The van der Waals surface area contributed by atoms with Gasteiger partial charge in [0.2, 0.25) is 0 Å². The molecule has 3 nitrogen and oxygen atoms in total. The number of methoxy groups -OCH3 is 1. The van der Waals surface area contributed by atoms with Crippen molar-refractivity contribution in [1.82, 2.24) is 4.98 Å². The van der Waals surface area contributed by atoms with Crippen LogP contribution in [-0.4, -0.2) is 12.1 Å². The third kappa shape index (κ3) is 1.91. The van der Waals surface area contributed by atoms with Crippen LogP contribution in [0.25, 0.3) is 21.3 Å². The molecule has 3 aromatic rings. The lowest BCUT2D eigenvalue weighted by Gasteiger charge is -2.04. The number of ether oxygens (including phenoxy) is 1. The maximum Gasteiger partial charge on any atom is 0.135 e. The van der Waals surface area contributed by atoms with Crippen LogP contribution in [0.5, 0.6) is 5.75 Å². The van der Waals surface area contributed by atoms with Crippen LogP contribution < -0.4 is 10.5 Å². The lowest BCUT2D eigenvalue weighted by atomic mass is 10.1. The maximum atomic E-state index is 5.65. The van der Waals surface area contributed by atoms with Gasteiger partial charge in [0, 0.05) is 10.9 Å². The number of benzene rings is 2. The molecular weight excluding hydrogens is 244 g/mol. The summed E-state index contributed by atoms with van der Waals surface area (Å²) >= 11 is 1.56. The Morgan fingerprint density at radius 2 is 1.89 bits per heavy atom. The minimum atomic E-state index is 0.574. The first-order valence-corrected chi connectivity index (χ1v) is 6.43. The molecule has 0 saturated carbocycles. The minimum Gasteiger partial charge on any atom is -0.497 e. The van der Waals surface area contributed by atoms with E-state index in [2.05, 4.69) is 29.2 Å². The van der Waals surface area contributed by atoms with Crippen molar-refractivity contribution in [1.29, 1.82) is 0 Å². The molecule has 1 aromatic heterocycles. The molecule has 0 fully saturated rings. The SMILES string of the molecule is COc1ccc2cc(-c3nc(N)cs3)ccc2c1. The van der Waals surface area contributed by atoms with Gasteiger partial charge in [-0.2, -0.15) is 0 Å². The Morgan fingerprint density at radius 1 is 1.11 bits per heavy atom. The second kappa shape index (κ2) is 4.31. The summed E-state index contributed by atoms with van der Waals surface area (Å²) in [7, 11) is 1.67. The molecule has 2 aromatic carbocycles. The summed E-state index contributed by atoms with van der Waals surface area (Å²) in [5.74, 6) is 1.44. The number of nitrogen functional groups attached to an aromatic ring is 1. The maximum absolute atomic E-state index is 5.65. The highest BCUT2D eigenvalue weighted by Crippen LogP contribution is 2.29. The molecule has 1 heterocycles. The van der Waals surface area contributed by atoms with Crippen LogP contribution >= 0.6 is 11.3 Å². The van der Waals surface area contributed by atoms with Crippen molar-refractivity contribution >= 4 is 27.9 Å². The van der Waals surface area contributed by atoms with E-state index in [4.69, 9.17) is 10.5 Å². The van der Waals surface area contributed by atoms with Crippen LogP contribution in [0.4, 0.5) is 5.82 Å². The van der Waals surface area contributed by atoms with E-state index < -0.39 is 0 Å².